The molecule has 1 heterocycles. The molecular formula is C13H20INO2. The Labute approximate surface area is 116 Å². The van der Waals surface area contributed by atoms with Gasteiger partial charge in [0.1, 0.15) is 5.76 Å². The Balaban J connectivity index is 1.77. The monoisotopic (exact) mass is 349 g/mol. The summed E-state index contributed by atoms with van der Waals surface area (Å²) < 4.78 is 6.38. The first-order valence-electron chi connectivity index (χ1n) is 6.25. The van der Waals surface area contributed by atoms with E-state index in [1.807, 2.05) is 12.1 Å². The Bertz CT molecular complexity index is 366. The largest absolute Gasteiger partial charge is 0.454 e. The van der Waals surface area contributed by atoms with Crippen molar-refractivity contribution < 1.29 is 9.52 Å². The van der Waals surface area contributed by atoms with Gasteiger partial charge in [0.05, 0.1) is 12.1 Å². The number of aliphatic hydroxyl groups is 1. The van der Waals surface area contributed by atoms with Crippen molar-refractivity contribution in [2.75, 3.05) is 6.54 Å². The molecule has 1 aliphatic carbocycles. The van der Waals surface area contributed by atoms with Crippen molar-refractivity contribution in [2.45, 2.75) is 44.8 Å². The Morgan fingerprint density at radius 1 is 1.59 bits per heavy atom. The molecule has 96 valence electrons. The quantitative estimate of drug-likeness (QED) is 0.822. The summed E-state index contributed by atoms with van der Waals surface area (Å²) in [6, 6.07) is 3.93. The second-order valence-electron chi connectivity index (χ2n) is 5.24. The minimum absolute atomic E-state index is 0.516. The summed E-state index contributed by atoms with van der Waals surface area (Å²) in [5.74, 6) is 1.57. The molecule has 2 unspecified atom stereocenters. The van der Waals surface area contributed by atoms with Crippen molar-refractivity contribution in [1.29, 1.82) is 0 Å². The molecule has 0 saturated heterocycles. The van der Waals surface area contributed by atoms with Crippen LogP contribution in [0, 0.1) is 9.68 Å². The first-order chi connectivity index (χ1) is 8.07. The molecule has 0 amide bonds. The number of halogens is 1. The van der Waals surface area contributed by atoms with Crippen molar-refractivity contribution >= 4 is 22.6 Å². The SMILES string of the molecule is CC1CCCC(O)(CNCc2ccc(I)o2)C1. The number of hydrogen-bond donors (Lipinski definition) is 2. The van der Waals surface area contributed by atoms with Gasteiger partial charge in [0.25, 0.3) is 0 Å². The molecule has 2 rings (SSSR count). The molecule has 1 saturated carbocycles. The van der Waals surface area contributed by atoms with E-state index < -0.39 is 5.60 Å². The van der Waals surface area contributed by atoms with Crippen LogP contribution in [0.1, 0.15) is 38.4 Å². The van der Waals surface area contributed by atoms with Gasteiger partial charge in [-0.2, -0.15) is 0 Å². The van der Waals surface area contributed by atoms with E-state index in [1.165, 1.54) is 6.42 Å². The average Bonchev–Trinajstić information content (AvgIpc) is 2.63. The van der Waals surface area contributed by atoms with Crippen LogP contribution in [-0.4, -0.2) is 17.3 Å². The van der Waals surface area contributed by atoms with Gasteiger partial charge in [0.15, 0.2) is 3.77 Å². The zero-order valence-electron chi connectivity index (χ0n) is 10.2. The molecule has 2 atom stereocenters. The minimum atomic E-state index is -0.516. The Morgan fingerprint density at radius 2 is 2.41 bits per heavy atom. The van der Waals surface area contributed by atoms with Crippen molar-refractivity contribution in [2.24, 2.45) is 5.92 Å². The molecule has 4 heteroatoms. The highest BCUT2D eigenvalue weighted by atomic mass is 127. The maximum absolute atomic E-state index is 10.4. The van der Waals surface area contributed by atoms with Crippen LogP contribution in [0.25, 0.3) is 0 Å². The summed E-state index contributed by atoms with van der Waals surface area (Å²) in [7, 11) is 0. The van der Waals surface area contributed by atoms with Gasteiger partial charge in [-0.1, -0.05) is 19.8 Å². The molecule has 0 bridgehead atoms. The topological polar surface area (TPSA) is 45.4 Å². The molecule has 2 N–H and O–H groups in total. The van der Waals surface area contributed by atoms with E-state index in [4.69, 9.17) is 4.42 Å². The lowest BCUT2D eigenvalue weighted by Crippen LogP contribution is -2.43. The molecule has 0 radical (unpaired) electrons. The molecule has 17 heavy (non-hydrogen) atoms. The summed E-state index contributed by atoms with van der Waals surface area (Å²) >= 11 is 2.16. The van der Waals surface area contributed by atoms with E-state index in [2.05, 4.69) is 34.8 Å². The normalized spacial score (nSPS) is 29.5. The lowest BCUT2D eigenvalue weighted by Gasteiger charge is -2.35. The van der Waals surface area contributed by atoms with Gasteiger partial charge in [-0.05, 0) is 53.5 Å². The fourth-order valence-electron chi connectivity index (χ4n) is 2.66. The van der Waals surface area contributed by atoms with Crippen LogP contribution >= 0.6 is 22.6 Å². The molecule has 1 aromatic rings. The van der Waals surface area contributed by atoms with E-state index in [0.717, 1.165) is 28.8 Å². The minimum Gasteiger partial charge on any atom is -0.454 e. The number of rotatable bonds is 4. The molecule has 1 fully saturated rings. The highest BCUT2D eigenvalue weighted by Gasteiger charge is 2.31. The summed E-state index contributed by atoms with van der Waals surface area (Å²) in [6.07, 6.45) is 4.21. The number of furan rings is 1. The smallest absolute Gasteiger partial charge is 0.164 e. The Morgan fingerprint density at radius 3 is 3.06 bits per heavy atom. The van der Waals surface area contributed by atoms with Crippen molar-refractivity contribution in [3.05, 3.63) is 21.7 Å². The first kappa shape index (κ1) is 13.4. The highest BCUT2D eigenvalue weighted by Crippen LogP contribution is 2.31. The van der Waals surface area contributed by atoms with Crippen LogP contribution in [0.5, 0.6) is 0 Å². The predicted octanol–water partition coefficient (Wildman–Crippen LogP) is 2.92. The first-order valence-corrected chi connectivity index (χ1v) is 7.33. The zero-order chi connectivity index (χ0) is 12.3. The van der Waals surface area contributed by atoms with Gasteiger partial charge in [-0.15, -0.1) is 0 Å². The maximum atomic E-state index is 10.4. The predicted molar refractivity (Wildman–Crippen MR) is 75.7 cm³/mol. The van der Waals surface area contributed by atoms with E-state index in [0.29, 0.717) is 19.0 Å². The van der Waals surface area contributed by atoms with Gasteiger partial charge in [-0.25, -0.2) is 0 Å². The molecule has 0 spiro atoms. The standard InChI is InChI=1S/C13H20INO2/c1-10-3-2-6-13(16,7-10)9-15-8-11-4-5-12(14)17-11/h4-5,10,15-16H,2-3,6-9H2,1H3. The second kappa shape index (κ2) is 5.71. The maximum Gasteiger partial charge on any atom is 0.164 e. The summed E-state index contributed by atoms with van der Waals surface area (Å²) in [5.41, 5.74) is -0.516. The fourth-order valence-corrected chi connectivity index (χ4v) is 3.12. The third kappa shape index (κ3) is 3.96. The Hall–Kier alpha value is -0.0700. The molecule has 3 nitrogen and oxygen atoms in total. The Kier molecular flexibility index (Phi) is 4.49. The van der Waals surface area contributed by atoms with E-state index in [9.17, 15) is 5.11 Å². The lowest BCUT2D eigenvalue weighted by atomic mass is 9.79. The van der Waals surface area contributed by atoms with Crippen LogP contribution in [0.15, 0.2) is 16.5 Å². The molecule has 1 aromatic heterocycles. The van der Waals surface area contributed by atoms with Crippen LogP contribution < -0.4 is 5.32 Å². The number of nitrogens with one attached hydrogen (secondary N) is 1. The average molecular weight is 349 g/mol. The van der Waals surface area contributed by atoms with Crippen LogP contribution in [0.3, 0.4) is 0 Å². The summed E-state index contributed by atoms with van der Waals surface area (Å²) in [6.45, 7) is 3.58. The lowest BCUT2D eigenvalue weighted by molar-refractivity contribution is -0.0121. The van der Waals surface area contributed by atoms with E-state index in [1.54, 1.807) is 0 Å². The molecular weight excluding hydrogens is 329 g/mol. The van der Waals surface area contributed by atoms with Crippen LogP contribution in [0.2, 0.25) is 0 Å². The van der Waals surface area contributed by atoms with Gasteiger partial charge in [0, 0.05) is 6.54 Å². The van der Waals surface area contributed by atoms with Crippen LogP contribution in [-0.2, 0) is 6.54 Å². The van der Waals surface area contributed by atoms with Crippen molar-refractivity contribution in [3.63, 3.8) is 0 Å². The van der Waals surface area contributed by atoms with Gasteiger partial charge in [-0.3, -0.25) is 0 Å². The van der Waals surface area contributed by atoms with Gasteiger partial charge in [0.2, 0.25) is 0 Å². The summed E-state index contributed by atoms with van der Waals surface area (Å²) in [4.78, 5) is 0. The summed E-state index contributed by atoms with van der Waals surface area (Å²) in [5, 5.41) is 13.7. The second-order valence-corrected chi connectivity index (χ2v) is 6.30. The van der Waals surface area contributed by atoms with Crippen LogP contribution in [0.4, 0.5) is 0 Å². The molecule has 0 aliphatic heterocycles. The number of hydrogen-bond acceptors (Lipinski definition) is 3. The highest BCUT2D eigenvalue weighted by molar-refractivity contribution is 14.1. The molecule has 1 aliphatic rings. The zero-order valence-corrected chi connectivity index (χ0v) is 12.4. The van der Waals surface area contributed by atoms with Gasteiger partial charge >= 0.3 is 0 Å². The van der Waals surface area contributed by atoms with E-state index in [-0.39, 0.29) is 0 Å². The molecule has 0 aromatic carbocycles. The van der Waals surface area contributed by atoms with E-state index >= 15 is 0 Å². The fraction of sp³-hybridized carbons (Fsp3) is 0.692. The van der Waals surface area contributed by atoms with Crippen molar-refractivity contribution in [3.8, 4) is 0 Å². The van der Waals surface area contributed by atoms with Crippen molar-refractivity contribution in [1.82, 2.24) is 5.32 Å². The van der Waals surface area contributed by atoms with Gasteiger partial charge < -0.3 is 14.8 Å². The third-order valence-corrected chi connectivity index (χ3v) is 4.03. The third-order valence-electron chi connectivity index (χ3n) is 3.45.